The Morgan fingerprint density at radius 3 is 2.86 bits per heavy atom. The number of benzene rings is 1. The van der Waals surface area contributed by atoms with E-state index in [1.54, 1.807) is 25.3 Å². The van der Waals surface area contributed by atoms with E-state index >= 15 is 0 Å². The molecular weight excluding hydrogens is 272 g/mol. The summed E-state index contributed by atoms with van der Waals surface area (Å²) in [5.74, 6) is 0.664. The molecule has 1 N–H and O–H groups in total. The molecule has 7 heteroatoms. The number of H-pyrrole nitrogens is 1. The van der Waals surface area contributed by atoms with Crippen LogP contribution in [0, 0.1) is 0 Å². The molecule has 0 aliphatic carbocycles. The summed E-state index contributed by atoms with van der Waals surface area (Å²) in [5, 5.41) is 0. The molecule has 3 aromatic rings. The molecule has 2 aromatic heterocycles. The zero-order valence-electron chi connectivity index (χ0n) is 11.2. The lowest BCUT2D eigenvalue weighted by molar-refractivity contribution is 0.414. The zero-order valence-corrected chi connectivity index (χ0v) is 11.2. The van der Waals surface area contributed by atoms with Crippen molar-refractivity contribution in [3.8, 4) is 5.75 Å². The second-order valence-electron chi connectivity index (χ2n) is 4.43. The van der Waals surface area contributed by atoms with E-state index in [1.807, 2.05) is 6.07 Å². The number of nitrogens with one attached hydrogen (secondary N) is 1. The van der Waals surface area contributed by atoms with Gasteiger partial charge in [-0.2, -0.15) is 0 Å². The summed E-state index contributed by atoms with van der Waals surface area (Å²) in [6.07, 6.45) is 2.84. The molecule has 0 spiro atoms. The monoisotopic (exact) mass is 284 g/mol. The van der Waals surface area contributed by atoms with Gasteiger partial charge < -0.3 is 4.74 Å². The summed E-state index contributed by atoms with van der Waals surface area (Å²) in [7, 11) is 1.56. The Labute approximate surface area is 118 Å². The molecule has 0 saturated carbocycles. The highest BCUT2D eigenvalue weighted by molar-refractivity contribution is 5.66. The maximum Gasteiger partial charge on any atom is 0.330 e. The Morgan fingerprint density at radius 1 is 1.24 bits per heavy atom. The first-order chi connectivity index (χ1) is 10.2. The van der Waals surface area contributed by atoms with E-state index in [1.165, 1.54) is 12.4 Å². The van der Waals surface area contributed by atoms with Gasteiger partial charge in [-0.1, -0.05) is 12.1 Å². The van der Waals surface area contributed by atoms with Gasteiger partial charge in [0.05, 0.1) is 13.7 Å². The van der Waals surface area contributed by atoms with Gasteiger partial charge in [0.15, 0.2) is 11.2 Å². The largest absolute Gasteiger partial charge is 0.497 e. The van der Waals surface area contributed by atoms with Crippen LogP contribution in [0.1, 0.15) is 5.56 Å². The van der Waals surface area contributed by atoms with Crippen LogP contribution in [0.4, 0.5) is 0 Å². The molecule has 106 valence electrons. The Kier molecular flexibility index (Phi) is 3.23. The number of rotatable bonds is 3. The topological polar surface area (TPSA) is 89.9 Å². The van der Waals surface area contributed by atoms with Crippen LogP contribution >= 0.6 is 0 Å². The average molecular weight is 284 g/mol. The highest BCUT2D eigenvalue weighted by Gasteiger charge is 2.09. The Bertz CT molecular complexity index is 914. The number of hydrogen-bond acceptors (Lipinski definition) is 5. The first kappa shape index (κ1) is 13.0. The van der Waals surface area contributed by atoms with Crippen molar-refractivity contribution in [1.29, 1.82) is 0 Å². The zero-order chi connectivity index (χ0) is 14.8. The van der Waals surface area contributed by atoms with Gasteiger partial charge in [-0.25, -0.2) is 14.8 Å². The number of ether oxygens (including phenoxy) is 1. The molecule has 0 fully saturated rings. The predicted octanol–water partition coefficient (Wildman–Crippen LogP) is 0.537. The maximum absolute atomic E-state index is 12.3. The van der Waals surface area contributed by atoms with Crippen molar-refractivity contribution < 1.29 is 4.74 Å². The van der Waals surface area contributed by atoms with Crippen molar-refractivity contribution in [1.82, 2.24) is 19.5 Å². The normalized spacial score (nSPS) is 10.7. The minimum absolute atomic E-state index is 0.137. The smallest absolute Gasteiger partial charge is 0.330 e. The molecule has 0 aliphatic heterocycles. The standard InChI is InChI=1S/C14H12N4O3/c1-21-10-4-2-3-9(7-10)8-18-13(19)11-12(17-14(18)20)16-6-5-15-11/h2-7H,8H2,1H3,(H,16,17,20). The molecule has 0 aliphatic rings. The molecule has 0 saturated heterocycles. The summed E-state index contributed by atoms with van der Waals surface area (Å²) in [6.45, 7) is 0.137. The lowest BCUT2D eigenvalue weighted by atomic mass is 10.2. The van der Waals surface area contributed by atoms with E-state index in [0.717, 1.165) is 10.1 Å². The number of aromatic nitrogens is 4. The second kappa shape index (κ2) is 5.20. The molecule has 0 radical (unpaired) electrons. The Balaban J connectivity index is 2.12. The van der Waals surface area contributed by atoms with Crippen LogP contribution in [-0.4, -0.2) is 26.6 Å². The van der Waals surface area contributed by atoms with Crippen LogP contribution in [0.5, 0.6) is 5.75 Å². The van der Waals surface area contributed by atoms with Gasteiger partial charge in [-0.15, -0.1) is 0 Å². The van der Waals surface area contributed by atoms with E-state index in [9.17, 15) is 9.59 Å². The lowest BCUT2D eigenvalue weighted by Gasteiger charge is -2.07. The Hall–Kier alpha value is -2.96. The average Bonchev–Trinajstić information content (AvgIpc) is 2.51. The van der Waals surface area contributed by atoms with Crippen LogP contribution in [0.2, 0.25) is 0 Å². The van der Waals surface area contributed by atoms with Gasteiger partial charge in [-0.05, 0) is 17.7 Å². The fourth-order valence-electron chi connectivity index (χ4n) is 2.07. The van der Waals surface area contributed by atoms with E-state index in [-0.39, 0.29) is 17.7 Å². The van der Waals surface area contributed by atoms with Gasteiger partial charge in [0.1, 0.15) is 5.75 Å². The molecule has 1 aromatic carbocycles. The highest BCUT2D eigenvalue weighted by Crippen LogP contribution is 2.12. The summed E-state index contributed by atoms with van der Waals surface area (Å²) in [5.41, 5.74) is 0.125. The lowest BCUT2D eigenvalue weighted by Crippen LogP contribution is -2.36. The molecule has 3 rings (SSSR count). The maximum atomic E-state index is 12.3. The molecule has 7 nitrogen and oxygen atoms in total. The van der Waals surface area contributed by atoms with Crippen LogP contribution in [0.3, 0.4) is 0 Å². The molecule has 21 heavy (non-hydrogen) atoms. The first-order valence-electron chi connectivity index (χ1n) is 6.26. The van der Waals surface area contributed by atoms with Crippen molar-refractivity contribution in [2.24, 2.45) is 0 Å². The summed E-state index contributed by atoms with van der Waals surface area (Å²) in [6, 6.07) is 7.18. The molecule has 0 atom stereocenters. The van der Waals surface area contributed by atoms with Gasteiger partial charge in [0.25, 0.3) is 5.56 Å². The van der Waals surface area contributed by atoms with Crippen molar-refractivity contribution in [3.63, 3.8) is 0 Å². The van der Waals surface area contributed by atoms with Crippen molar-refractivity contribution in [2.45, 2.75) is 6.54 Å². The second-order valence-corrected chi connectivity index (χ2v) is 4.43. The molecule has 0 unspecified atom stereocenters. The van der Waals surface area contributed by atoms with E-state index < -0.39 is 11.2 Å². The Morgan fingerprint density at radius 2 is 2.05 bits per heavy atom. The number of aromatic amines is 1. The summed E-state index contributed by atoms with van der Waals surface area (Å²) in [4.78, 5) is 34.8. The first-order valence-corrected chi connectivity index (χ1v) is 6.26. The quantitative estimate of drug-likeness (QED) is 0.758. The summed E-state index contributed by atoms with van der Waals surface area (Å²) < 4.78 is 6.22. The fourth-order valence-corrected chi connectivity index (χ4v) is 2.07. The fraction of sp³-hybridized carbons (Fsp3) is 0.143. The van der Waals surface area contributed by atoms with E-state index in [2.05, 4.69) is 15.0 Å². The van der Waals surface area contributed by atoms with Crippen LogP contribution in [-0.2, 0) is 6.54 Å². The van der Waals surface area contributed by atoms with Crippen molar-refractivity contribution in [3.05, 3.63) is 63.1 Å². The van der Waals surface area contributed by atoms with Crippen LogP contribution in [0.25, 0.3) is 11.2 Å². The van der Waals surface area contributed by atoms with E-state index in [4.69, 9.17) is 4.74 Å². The van der Waals surface area contributed by atoms with Crippen LogP contribution < -0.4 is 16.0 Å². The minimum Gasteiger partial charge on any atom is -0.497 e. The number of hydrogen-bond donors (Lipinski definition) is 1. The molecular formula is C14H12N4O3. The van der Waals surface area contributed by atoms with Crippen LogP contribution in [0.15, 0.2) is 46.2 Å². The molecule has 0 amide bonds. The van der Waals surface area contributed by atoms with E-state index in [0.29, 0.717) is 5.75 Å². The third-order valence-electron chi connectivity index (χ3n) is 3.09. The third kappa shape index (κ3) is 2.40. The predicted molar refractivity (Wildman–Crippen MR) is 76.5 cm³/mol. The van der Waals surface area contributed by atoms with Crippen molar-refractivity contribution >= 4 is 11.2 Å². The van der Waals surface area contributed by atoms with Gasteiger partial charge in [0.2, 0.25) is 0 Å². The SMILES string of the molecule is COc1cccc(Cn2c(=O)[nH]c3nccnc3c2=O)c1. The molecule has 0 bridgehead atoms. The highest BCUT2D eigenvalue weighted by atomic mass is 16.5. The summed E-state index contributed by atoms with van der Waals surface area (Å²) >= 11 is 0. The minimum atomic E-state index is -0.518. The molecule has 2 heterocycles. The number of nitrogens with zero attached hydrogens (tertiary/aromatic N) is 3. The van der Waals surface area contributed by atoms with Gasteiger partial charge >= 0.3 is 5.69 Å². The number of methoxy groups -OCH3 is 1. The van der Waals surface area contributed by atoms with Gasteiger partial charge in [0, 0.05) is 12.4 Å². The number of fused-ring (bicyclic) bond motifs is 1. The van der Waals surface area contributed by atoms with Crippen molar-refractivity contribution in [2.75, 3.05) is 7.11 Å². The van der Waals surface area contributed by atoms with Gasteiger partial charge in [-0.3, -0.25) is 14.3 Å². The third-order valence-corrected chi connectivity index (χ3v) is 3.09.